The highest BCUT2D eigenvalue weighted by Crippen LogP contribution is 2.18. The molecule has 30 heavy (non-hydrogen) atoms. The lowest BCUT2D eigenvalue weighted by atomic mass is 10.2. The van der Waals surface area contributed by atoms with Crippen LogP contribution >= 0.6 is 0 Å². The summed E-state index contributed by atoms with van der Waals surface area (Å²) in [5.74, 6) is 0.491. The smallest absolute Gasteiger partial charge is 0.422 e. The highest BCUT2D eigenvalue weighted by Gasteiger charge is 2.28. The van der Waals surface area contributed by atoms with Crippen molar-refractivity contribution in [1.82, 2.24) is 15.5 Å². The maximum absolute atomic E-state index is 12.2. The van der Waals surface area contributed by atoms with Crippen molar-refractivity contribution in [2.24, 2.45) is 4.99 Å². The maximum atomic E-state index is 12.2. The van der Waals surface area contributed by atoms with Crippen molar-refractivity contribution in [2.45, 2.75) is 19.3 Å². The molecular weight excluding hydrogens is 397 g/mol. The van der Waals surface area contributed by atoms with Crippen LogP contribution in [0.3, 0.4) is 0 Å². The van der Waals surface area contributed by atoms with Gasteiger partial charge in [0.15, 0.2) is 12.6 Å². The van der Waals surface area contributed by atoms with Crippen LogP contribution in [0.1, 0.15) is 11.1 Å². The van der Waals surface area contributed by atoms with Crippen LogP contribution in [0.25, 0.3) is 0 Å². The third-order valence-corrected chi connectivity index (χ3v) is 3.95. The van der Waals surface area contributed by atoms with Gasteiger partial charge < -0.3 is 20.3 Å². The number of hydrogen-bond acceptors (Lipinski definition) is 3. The van der Waals surface area contributed by atoms with E-state index >= 15 is 0 Å². The molecule has 9 heteroatoms. The number of ether oxygens (including phenoxy) is 1. The topological polar surface area (TPSA) is 66.0 Å². The Morgan fingerprint density at radius 3 is 2.27 bits per heavy atom. The van der Waals surface area contributed by atoms with Gasteiger partial charge in [0.25, 0.3) is 0 Å². The molecule has 0 atom stereocenters. The quantitative estimate of drug-likeness (QED) is 0.507. The summed E-state index contributed by atoms with van der Waals surface area (Å²) < 4.78 is 41.4. The second kappa shape index (κ2) is 11.1. The summed E-state index contributed by atoms with van der Waals surface area (Å²) in [6.45, 7) is -0.449. The first kappa shape index (κ1) is 23.1. The average molecular weight is 422 g/mol. The van der Waals surface area contributed by atoms with Gasteiger partial charge >= 0.3 is 6.18 Å². The number of nitrogens with zero attached hydrogens (tertiary/aromatic N) is 2. The molecule has 1 amide bonds. The molecule has 2 rings (SSSR count). The number of hydrogen-bond donors (Lipinski definition) is 2. The second-order valence-corrected chi connectivity index (χ2v) is 6.69. The van der Waals surface area contributed by atoms with Crippen molar-refractivity contribution in [1.29, 1.82) is 0 Å². The van der Waals surface area contributed by atoms with Crippen molar-refractivity contribution in [2.75, 3.05) is 27.2 Å². The molecule has 0 aromatic heterocycles. The summed E-state index contributed by atoms with van der Waals surface area (Å²) in [5.41, 5.74) is 1.84. The Morgan fingerprint density at radius 2 is 1.67 bits per heavy atom. The zero-order valence-corrected chi connectivity index (χ0v) is 16.9. The second-order valence-electron chi connectivity index (χ2n) is 6.69. The molecule has 0 unspecified atom stereocenters. The van der Waals surface area contributed by atoms with E-state index < -0.39 is 12.8 Å². The van der Waals surface area contributed by atoms with Crippen LogP contribution in [0.5, 0.6) is 5.75 Å². The molecule has 6 nitrogen and oxygen atoms in total. The molecule has 0 radical (unpaired) electrons. The molecule has 2 aromatic carbocycles. The van der Waals surface area contributed by atoms with E-state index in [1.807, 2.05) is 30.3 Å². The van der Waals surface area contributed by atoms with E-state index in [9.17, 15) is 18.0 Å². The number of likely N-dealkylation sites (N-methyl/N-ethyl adjacent to an activating group) is 1. The molecule has 0 spiro atoms. The maximum Gasteiger partial charge on any atom is 0.422 e. The van der Waals surface area contributed by atoms with Crippen LogP contribution in [-0.4, -0.2) is 50.2 Å². The Balaban J connectivity index is 1.96. The average Bonchev–Trinajstić information content (AvgIpc) is 2.72. The van der Waals surface area contributed by atoms with Gasteiger partial charge in [-0.15, -0.1) is 0 Å². The predicted molar refractivity (Wildman–Crippen MR) is 109 cm³/mol. The zero-order chi connectivity index (χ0) is 22.0. The van der Waals surface area contributed by atoms with Gasteiger partial charge in [-0.3, -0.25) is 4.79 Å². The van der Waals surface area contributed by atoms with Gasteiger partial charge in [-0.05, 0) is 23.3 Å². The number of amides is 1. The summed E-state index contributed by atoms with van der Waals surface area (Å²) in [4.78, 5) is 17.8. The van der Waals surface area contributed by atoms with Gasteiger partial charge in [-0.2, -0.15) is 13.2 Å². The molecule has 0 saturated heterocycles. The van der Waals surface area contributed by atoms with Gasteiger partial charge in [0.2, 0.25) is 5.91 Å². The minimum absolute atomic E-state index is 0.0812. The molecule has 0 aliphatic heterocycles. The molecule has 0 bridgehead atoms. The zero-order valence-electron chi connectivity index (χ0n) is 16.9. The van der Waals surface area contributed by atoms with Crippen LogP contribution in [0, 0.1) is 0 Å². The van der Waals surface area contributed by atoms with Gasteiger partial charge in [-0.25, -0.2) is 4.99 Å². The van der Waals surface area contributed by atoms with Crippen molar-refractivity contribution >= 4 is 11.9 Å². The van der Waals surface area contributed by atoms with Gasteiger partial charge in [-0.1, -0.05) is 42.5 Å². The van der Waals surface area contributed by atoms with E-state index in [4.69, 9.17) is 4.74 Å². The lowest BCUT2D eigenvalue weighted by Gasteiger charge is -2.15. The number of nitrogens with one attached hydrogen (secondary N) is 2. The fraction of sp³-hybridized carbons (Fsp3) is 0.333. The number of halogens is 3. The highest BCUT2D eigenvalue weighted by molar-refractivity contribution is 5.86. The molecule has 162 valence electrons. The Morgan fingerprint density at radius 1 is 1.00 bits per heavy atom. The standard InChI is InChI=1S/C21H25F3N4O2/c1-28(2)19(29)14-27-20(25-12-16-6-4-3-5-7-16)26-13-17-8-10-18(11-9-17)30-15-21(22,23)24/h3-11H,12-15H2,1-2H3,(H2,25,26,27). The molecule has 0 aliphatic carbocycles. The fourth-order valence-electron chi connectivity index (χ4n) is 2.30. The molecule has 0 aliphatic rings. The third kappa shape index (κ3) is 8.85. The first-order chi connectivity index (χ1) is 14.2. The number of benzene rings is 2. The van der Waals surface area contributed by atoms with Crippen molar-refractivity contribution < 1.29 is 22.7 Å². The highest BCUT2D eigenvalue weighted by atomic mass is 19.4. The molecule has 2 aromatic rings. The number of carbonyl (C=O) groups excluding carboxylic acids is 1. The van der Waals surface area contributed by atoms with Gasteiger partial charge in [0.1, 0.15) is 5.75 Å². The van der Waals surface area contributed by atoms with Crippen molar-refractivity contribution in [3.05, 3.63) is 65.7 Å². The van der Waals surface area contributed by atoms with Crippen LogP contribution in [-0.2, 0) is 17.9 Å². The first-order valence-electron chi connectivity index (χ1n) is 9.28. The molecule has 0 heterocycles. The van der Waals surface area contributed by atoms with Crippen LogP contribution < -0.4 is 15.4 Å². The van der Waals surface area contributed by atoms with Crippen molar-refractivity contribution in [3.63, 3.8) is 0 Å². The van der Waals surface area contributed by atoms with E-state index in [-0.39, 0.29) is 18.2 Å². The van der Waals surface area contributed by atoms with Crippen LogP contribution in [0.15, 0.2) is 59.6 Å². The molecular formula is C21H25F3N4O2. The Bertz CT molecular complexity index is 822. The number of guanidine groups is 1. The Hall–Kier alpha value is -3.23. The molecule has 0 fully saturated rings. The van der Waals surface area contributed by atoms with E-state index in [0.29, 0.717) is 19.0 Å². The number of carbonyl (C=O) groups is 1. The van der Waals surface area contributed by atoms with Crippen LogP contribution in [0.2, 0.25) is 0 Å². The van der Waals surface area contributed by atoms with Gasteiger partial charge in [0, 0.05) is 20.6 Å². The van der Waals surface area contributed by atoms with E-state index in [2.05, 4.69) is 15.6 Å². The monoisotopic (exact) mass is 422 g/mol. The Labute approximate surface area is 173 Å². The lowest BCUT2D eigenvalue weighted by Crippen LogP contribution is -2.42. The van der Waals surface area contributed by atoms with Crippen molar-refractivity contribution in [3.8, 4) is 5.75 Å². The molecule has 0 saturated carbocycles. The van der Waals surface area contributed by atoms with E-state index in [1.165, 1.54) is 17.0 Å². The summed E-state index contributed by atoms with van der Waals surface area (Å²) >= 11 is 0. The minimum atomic E-state index is -4.37. The SMILES string of the molecule is CN(C)C(=O)CNC(=NCc1ccccc1)NCc1ccc(OCC(F)(F)F)cc1. The summed E-state index contributed by atoms with van der Waals surface area (Å²) in [7, 11) is 3.33. The summed E-state index contributed by atoms with van der Waals surface area (Å²) in [5, 5.41) is 6.11. The minimum Gasteiger partial charge on any atom is -0.484 e. The first-order valence-corrected chi connectivity index (χ1v) is 9.28. The van der Waals surface area contributed by atoms with Gasteiger partial charge in [0.05, 0.1) is 13.1 Å². The summed E-state index contributed by atoms with van der Waals surface area (Å²) in [6.07, 6.45) is -4.37. The van der Waals surface area contributed by atoms with E-state index in [0.717, 1.165) is 11.1 Å². The number of aliphatic imine (C=N–C) groups is 1. The summed E-state index contributed by atoms with van der Waals surface area (Å²) in [6, 6.07) is 15.9. The Kier molecular flexibility index (Phi) is 8.52. The van der Waals surface area contributed by atoms with Crippen LogP contribution in [0.4, 0.5) is 13.2 Å². The largest absolute Gasteiger partial charge is 0.484 e. The van der Waals surface area contributed by atoms with E-state index in [1.54, 1.807) is 26.2 Å². The predicted octanol–water partition coefficient (Wildman–Crippen LogP) is 2.95. The third-order valence-electron chi connectivity index (χ3n) is 3.95. The number of rotatable bonds is 8. The number of alkyl halides is 3. The normalized spacial score (nSPS) is 11.7. The molecule has 2 N–H and O–H groups in total. The fourth-order valence-corrected chi connectivity index (χ4v) is 2.30. The lowest BCUT2D eigenvalue weighted by molar-refractivity contribution is -0.153.